The Labute approximate surface area is 277 Å². The van der Waals surface area contributed by atoms with Gasteiger partial charge in [0.15, 0.2) is 5.82 Å². The SMILES string of the molecule is COc1nc(-c2cccc(-c3cccc(NC(=O)c4nc5c(n4C)CCN(C)C5)c3Cl)c2Cl)cnc1CN[C@H]1CCC(=C=O)NC1. The van der Waals surface area contributed by atoms with Gasteiger partial charge >= 0.3 is 0 Å². The molecule has 1 amide bonds. The zero-order valence-corrected chi connectivity index (χ0v) is 27.3. The Hall–Kier alpha value is -4.25. The van der Waals surface area contributed by atoms with Gasteiger partial charge in [0.2, 0.25) is 5.88 Å². The maximum absolute atomic E-state index is 13.3. The molecular formula is C33H34Cl2N8O3. The number of hydrogen-bond acceptors (Lipinski definition) is 9. The van der Waals surface area contributed by atoms with E-state index in [0.29, 0.717) is 87.3 Å². The predicted octanol–water partition coefficient (Wildman–Crippen LogP) is 4.66. The number of amides is 1. The van der Waals surface area contributed by atoms with Gasteiger partial charge in [-0.15, -0.1) is 0 Å². The molecule has 13 heteroatoms. The van der Waals surface area contributed by atoms with Crippen LogP contribution in [0.1, 0.15) is 40.5 Å². The zero-order chi connectivity index (χ0) is 32.4. The Morgan fingerprint density at radius 1 is 1.09 bits per heavy atom. The second kappa shape index (κ2) is 13.6. The number of ether oxygens (including phenoxy) is 1. The van der Waals surface area contributed by atoms with E-state index in [4.69, 9.17) is 32.9 Å². The molecule has 0 saturated carbocycles. The van der Waals surface area contributed by atoms with Crippen LogP contribution in [0, 0.1) is 0 Å². The van der Waals surface area contributed by atoms with Crippen LogP contribution >= 0.6 is 23.2 Å². The van der Waals surface area contributed by atoms with Crippen LogP contribution in [0.15, 0.2) is 48.3 Å². The molecule has 3 N–H and O–H groups in total. The topological polar surface area (TPSA) is 126 Å². The van der Waals surface area contributed by atoms with Crippen molar-refractivity contribution in [2.75, 3.05) is 32.6 Å². The molecule has 2 aromatic heterocycles. The lowest BCUT2D eigenvalue weighted by Gasteiger charge is -2.25. The van der Waals surface area contributed by atoms with Gasteiger partial charge in [-0.25, -0.2) is 14.8 Å². The summed E-state index contributed by atoms with van der Waals surface area (Å²) in [7, 11) is 5.46. The molecule has 6 rings (SSSR count). The van der Waals surface area contributed by atoms with Crippen molar-refractivity contribution >= 4 is 40.7 Å². The molecule has 2 aromatic carbocycles. The molecule has 46 heavy (non-hydrogen) atoms. The van der Waals surface area contributed by atoms with Crippen LogP contribution in [0.25, 0.3) is 22.4 Å². The van der Waals surface area contributed by atoms with Crippen LogP contribution in [0.5, 0.6) is 5.88 Å². The van der Waals surface area contributed by atoms with Gasteiger partial charge in [0.05, 0.1) is 46.1 Å². The van der Waals surface area contributed by atoms with Gasteiger partial charge in [0.1, 0.15) is 11.6 Å². The van der Waals surface area contributed by atoms with Crippen LogP contribution in [0.3, 0.4) is 0 Å². The van der Waals surface area contributed by atoms with Gasteiger partial charge in [-0.3, -0.25) is 9.78 Å². The summed E-state index contributed by atoms with van der Waals surface area (Å²) in [6, 6.07) is 11.2. The van der Waals surface area contributed by atoms with Crippen LogP contribution in [0.2, 0.25) is 10.0 Å². The third-order valence-corrected chi connectivity index (χ3v) is 9.27. The maximum atomic E-state index is 13.3. The van der Waals surface area contributed by atoms with E-state index in [9.17, 15) is 9.59 Å². The average molecular weight is 662 g/mol. The van der Waals surface area contributed by atoms with E-state index in [2.05, 4.69) is 30.8 Å². The van der Waals surface area contributed by atoms with E-state index in [-0.39, 0.29) is 11.9 Å². The predicted molar refractivity (Wildman–Crippen MR) is 178 cm³/mol. The highest BCUT2D eigenvalue weighted by Gasteiger charge is 2.25. The first-order chi connectivity index (χ1) is 22.3. The zero-order valence-electron chi connectivity index (χ0n) is 25.8. The second-order valence-corrected chi connectivity index (χ2v) is 12.2. The number of rotatable bonds is 8. The van der Waals surface area contributed by atoms with Crippen molar-refractivity contribution in [1.29, 1.82) is 0 Å². The van der Waals surface area contributed by atoms with E-state index in [1.54, 1.807) is 19.4 Å². The van der Waals surface area contributed by atoms with E-state index in [1.165, 1.54) is 0 Å². The van der Waals surface area contributed by atoms with Crippen molar-refractivity contribution in [3.63, 3.8) is 0 Å². The molecule has 4 aromatic rings. The van der Waals surface area contributed by atoms with Crippen LogP contribution in [-0.4, -0.2) is 69.6 Å². The number of carbonyl (C=O) groups excluding carboxylic acids is 2. The molecule has 1 saturated heterocycles. The lowest BCUT2D eigenvalue weighted by atomic mass is 10.0. The Morgan fingerprint density at radius 2 is 1.85 bits per heavy atom. The lowest BCUT2D eigenvalue weighted by molar-refractivity contribution is 0.101. The molecule has 1 atom stereocenters. The first-order valence-corrected chi connectivity index (χ1v) is 15.8. The van der Waals surface area contributed by atoms with E-state index in [1.807, 2.05) is 54.9 Å². The summed E-state index contributed by atoms with van der Waals surface area (Å²) in [4.78, 5) is 40.4. The number of likely N-dealkylation sites (N-methyl/N-ethyl adjacent to an activating group) is 1. The van der Waals surface area contributed by atoms with Gasteiger partial charge in [0.25, 0.3) is 5.91 Å². The molecule has 238 valence electrons. The fraction of sp³-hybridized carbons (Fsp3) is 0.333. The second-order valence-electron chi connectivity index (χ2n) is 11.5. The van der Waals surface area contributed by atoms with Crippen molar-refractivity contribution in [2.45, 2.75) is 38.4 Å². The number of imidazole rings is 1. The monoisotopic (exact) mass is 660 g/mol. The standard InChI is InChI=1S/C33H34Cl2N8O3/c1-42-13-12-28-27(17-42)39-31(43(28)2)32(45)40-24-9-5-7-22(30(24)35)21-6-4-8-23(29(21)34)25-15-38-26(33(41-25)46-3)16-37-19-10-11-20(18-44)36-14-19/h4-9,15,19,36-37H,10-14,16-17H2,1-3H3,(H,40,45)/t19-/m0/s1. The van der Waals surface area contributed by atoms with Crippen molar-refractivity contribution in [2.24, 2.45) is 7.05 Å². The van der Waals surface area contributed by atoms with Crippen molar-refractivity contribution < 1.29 is 14.3 Å². The number of aromatic nitrogens is 4. The summed E-state index contributed by atoms with van der Waals surface area (Å²) in [5.41, 5.74) is 6.23. The first-order valence-electron chi connectivity index (χ1n) is 15.0. The number of halogens is 2. The minimum atomic E-state index is -0.335. The molecule has 0 unspecified atom stereocenters. The number of methoxy groups -OCH3 is 1. The molecule has 11 nitrogen and oxygen atoms in total. The van der Waals surface area contributed by atoms with Gasteiger partial charge in [-0.05, 0) is 26.0 Å². The Morgan fingerprint density at radius 3 is 2.59 bits per heavy atom. The highest BCUT2D eigenvalue weighted by molar-refractivity contribution is 6.39. The number of allylic oxidation sites excluding steroid dienone is 1. The summed E-state index contributed by atoms with van der Waals surface area (Å²) in [6.45, 7) is 2.71. The fourth-order valence-corrected chi connectivity index (χ4v) is 6.48. The normalized spacial score (nSPS) is 16.4. The first kappa shape index (κ1) is 31.7. The van der Waals surface area contributed by atoms with Crippen molar-refractivity contribution in [3.8, 4) is 28.3 Å². The summed E-state index contributed by atoms with van der Waals surface area (Å²) in [5, 5.41) is 10.3. The van der Waals surface area contributed by atoms with Crippen molar-refractivity contribution in [3.05, 3.63) is 81.2 Å². The molecule has 0 spiro atoms. The number of nitrogens with zero attached hydrogens (tertiary/aromatic N) is 5. The Balaban J connectivity index is 1.22. The number of carbonyl (C=O) groups is 1. The number of anilines is 1. The summed E-state index contributed by atoms with van der Waals surface area (Å²) in [6.07, 6.45) is 3.98. The minimum Gasteiger partial charge on any atom is -0.480 e. The van der Waals surface area contributed by atoms with E-state index in [0.717, 1.165) is 30.8 Å². The highest BCUT2D eigenvalue weighted by atomic mass is 35.5. The molecule has 0 radical (unpaired) electrons. The third-order valence-electron chi connectivity index (χ3n) is 8.45. The lowest BCUT2D eigenvalue weighted by Crippen LogP contribution is -2.42. The minimum absolute atomic E-state index is 0.177. The fourth-order valence-electron chi connectivity index (χ4n) is 5.88. The Bertz CT molecular complexity index is 1840. The summed E-state index contributed by atoms with van der Waals surface area (Å²) < 4.78 is 7.45. The smallest absolute Gasteiger partial charge is 0.291 e. The molecule has 2 aliphatic rings. The van der Waals surface area contributed by atoms with E-state index < -0.39 is 0 Å². The summed E-state index contributed by atoms with van der Waals surface area (Å²) in [5.74, 6) is 2.32. The molecule has 0 bridgehead atoms. The van der Waals surface area contributed by atoms with Gasteiger partial charge < -0.3 is 30.2 Å². The van der Waals surface area contributed by atoms with Gasteiger partial charge in [-0.1, -0.05) is 53.5 Å². The number of benzene rings is 2. The maximum Gasteiger partial charge on any atom is 0.291 e. The Kier molecular flexibility index (Phi) is 9.39. The van der Waals surface area contributed by atoms with Gasteiger partial charge in [-0.2, -0.15) is 0 Å². The largest absolute Gasteiger partial charge is 0.480 e. The molecule has 1 fully saturated rings. The highest BCUT2D eigenvalue weighted by Crippen LogP contribution is 2.41. The van der Waals surface area contributed by atoms with Crippen molar-refractivity contribution in [1.82, 2.24) is 35.1 Å². The average Bonchev–Trinajstić information content (AvgIpc) is 3.40. The number of hydrogen-bond donors (Lipinski definition) is 3. The molecular weight excluding hydrogens is 627 g/mol. The molecule has 4 heterocycles. The van der Waals surface area contributed by atoms with Crippen LogP contribution < -0.4 is 20.7 Å². The molecule has 0 aliphatic carbocycles. The summed E-state index contributed by atoms with van der Waals surface area (Å²) >= 11 is 13.9. The third kappa shape index (κ3) is 6.38. The van der Waals surface area contributed by atoms with E-state index >= 15 is 0 Å². The molecule has 2 aliphatic heterocycles. The van der Waals surface area contributed by atoms with Crippen LogP contribution in [0.4, 0.5) is 5.69 Å². The number of piperidine rings is 1. The van der Waals surface area contributed by atoms with Crippen LogP contribution in [-0.2, 0) is 31.4 Å². The van der Waals surface area contributed by atoms with Gasteiger partial charge in [0, 0.05) is 68.1 Å². The number of nitrogens with one attached hydrogen (secondary N) is 3. The number of fused-ring (bicyclic) bond motifs is 1. The quantitative estimate of drug-likeness (QED) is 0.231.